The van der Waals surface area contributed by atoms with E-state index in [0.29, 0.717) is 11.8 Å². The van der Waals surface area contributed by atoms with E-state index in [9.17, 15) is 23.3 Å². The summed E-state index contributed by atoms with van der Waals surface area (Å²) in [5, 5.41) is 24.3. The van der Waals surface area contributed by atoms with Gasteiger partial charge in [0.1, 0.15) is 0 Å². The van der Waals surface area contributed by atoms with Crippen LogP contribution in [0.2, 0.25) is 0 Å². The molecule has 0 radical (unpaired) electrons. The van der Waals surface area contributed by atoms with Crippen molar-refractivity contribution in [3.8, 4) is 6.07 Å². The van der Waals surface area contributed by atoms with Gasteiger partial charge in [-0.3, -0.25) is 15.2 Å². The molecule has 0 amide bonds. The van der Waals surface area contributed by atoms with Gasteiger partial charge >= 0.3 is 6.18 Å². The van der Waals surface area contributed by atoms with Gasteiger partial charge in [-0.25, -0.2) is 0 Å². The number of alkyl halides is 3. The number of hydrogen-bond donors (Lipinski definition) is 1. The summed E-state index contributed by atoms with van der Waals surface area (Å²) >= 11 is 0.594. The van der Waals surface area contributed by atoms with Crippen LogP contribution in [0.1, 0.15) is 11.4 Å². The normalized spacial score (nSPS) is 11.1. The third-order valence-corrected chi connectivity index (χ3v) is 3.15. The summed E-state index contributed by atoms with van der Waals surface area (Å²) in [4.78, 5) is 13.4. The topological polar surface area (TPSA) is 108 Å². The van der Waals surface area contributed by atoms with Crippen molar-refractivity contribution in [3.05, 3.63) is 39.7 Å². The Kier molecular flexibility index (Phi) is 3.81. The molecule has 108 valence electrons. The van der Waals surface area contributed by atoms with E-state index in [4.69, 9.17) is 5.26 Å². The number of aromatic nitrogens is 3. The van der Waals surface area contributed by atoms with Gasteiger partial charge in [0.15, 0.2) is 0 Å². The molecule has 2 rings (SSSR count). The van der Waals surface area contributed by atoms with E-state index in [0.717, 1.165) is 6.07 Å². The van der Waals surface area contributed by atoms with Gasteiger partial charge in [0.25, 0.3) is 5.69 Å². The van der Waals surface area contributed by atoms with Crippen molar-refractivity contribution in [1.29, 1.82) is 5.26 Å². The first-order valence-electron chi connectivity index (χ1n) is 5.17. The maximum Gasteiger partial charge on any atom is 0.451 e. The first-order chi connectivity index (χ1) is 9.81. The van der Waals surface area contributed by atoms with Crippen molar-refractivity contribution in [2.45, 2.75) is 16.2 Å². The summed E-state index contributed by atoms with van der Waals surface area (Å²) in [6, 6.07) is 5.33. The second kappa shape index (κ2) is 5.41. The highest BCUT2D eigenvalue weighted by molar-refractivity contribution is 7.99. The molecule has 0 fully saturated rings. The monoisotopic (exact) mass is 315 g/mol. The summed E-state index contributed by atoms with van der Waals surface area (Å²) in [5.74, 6) is -1.29. The number of nitrogens with one attached hydrogen (secondary N) is 1. The fourth-order valence-corrected chi connectivity index (χ4v) is 2.13. The highest BCUT2D eigenvalue weighted by Gasteiger charge is 2.35. The Bertz CT molecular complexity index is 737. The van der Waals surface area contributed by atoms with E-state index < -0.39 is 22.6 Å². The summed E-state index contributed by atoms with van der Waals surface area (Å²) < 4.78 is 37.1. The molecule has 0 aliphatic heterocycles. The predicted molar refractivity (Wildman–Crippen MR) is 63.3 cm³/mol. The molecular weight excluding hydrogens is 311 g/mol. The summed E-state index contributed by atoms with van der Waals surface area (Å²) in [5.41, 5.74) is -0.338. The van der Waals surface area contributed by atoms with Gasteiger partial charge in [-0.05, 0) is 23.9 Å². The highest BCUT2D eigenvalue weighted by atomic mass is 32.2. The highest BCUT2D eigenvalue weighted by Crippen LogP contribution is 2.35. The van der Waals surface area contributed by atoms with E-state index >= 15 is 0 Å². The number of hydrogen-bond acceptors (Lipinski definition) is 6. The maximum absolute atomic E-state index is 12.4. The van der Waals surface area contributed by atoms with Gasteiger partial charge in [-0.15, -0.1) is 5.10 Å². The van der Waals surface area contributed by atoms with Crippen LogP contribution >= 0.6 is 11.8 Å². The van der Waals surface area contributed by atoms with Crippen LogP contribution in [0, 0.1) is 21.4 Å². The lowest BCUT2D eigenvalue weighted by molar-refractivity contribution is -0.387. The fourth-order valence-electron chi connectivity index (χ4n) is 1.33. The minimum absolute atomic E-state index is 0.0340. The molecule has 21 heavy (non-hydrogen) atoms. The zero-order valence-corrected chi connectivity index (χ0v) is 10.7. The molecule has 0 aliphatic carbocycles. The number of halogens is 3. The first kappa shape index (κ1) is 14.8. The number of H-pyrrole nitrogens is 1. The maximum atomic E-state index is 12.4. The van der Waals surface area contributed by atoms with Gasteiger partial charge in [0, 0.05) is 6.07 Å². The number of aromatic amines is 1. The summed E-state index contributed by atoms with van der Waals surface area (Å²) in [6.45, 7) is 0. The lowest BCUT2D eigenvalue weighted by Crippen LogP contribution is -2.07. The van der Waals surface area contributed by atoms with Crippen molar-refractivity contribution in [3.63, 3.8) is 0 Å². The van der Waals surface area contributed by atoms with Crippen LogP contribution in [0.15, 0.2) is 28.3 Å². The largest absolute Gasteiger partial charge is 0.451 e. The number of benzene rings is 1. The molecule has 1 aromatic heterocycles. The standard InChI is InChI=1S/C10H4F3N5O2S/c11-10(12,13)8-15-9(17-16-8)21-7-2-1-5(4-14)3-6(7)18(19)20/h1-3H,(H,15,16,17). The van der Waals surface area contributed by atoms with E-state index in [2.05, 4.69) is 10.1 Å². The van der Waals surface area contributed by atoms with Crippen LogP contribution in [0.3, 0.4) is 0 Å². The Morgan fingerprint density at radius 3 is 2.67 bits per heavy atom. The van der Waals surface area contributed by atoms with Crippen LogP contribution in [0.5, 0.6) is 0 Å². The van der Waals surface area contributed by atoms with Gasteiger partial charge < -0.3 is 0 Å². The van der Waals surface area contributed by atoms with Gasteiger partial charge in [-0.2, -0.15) is 23.4 Å². The van der Waals surface area contributed by atoms with Crippen LogP contribution in [-0.4, -0.2) is 20.1 Å². The molecule has 0 aliphatic rings. The van der Waals surface area contributed by atoms with Gasteiger partial charge in [-0.1, -0.05) is 0 Å². The van der Waals surface area contributed by atoms with Crippen LogP contribution < -0.4 is 0 Å². The van der Waals surface area contributed by atoms with Crippen molar-refractivity contribution in [2.75, 3.05) is 0 Å². The Hall–Kier alpha value is -2.61. The average molecular weight is 315 g/mol. The number of rotatable bonds is 3. The zero-order valence-electron chi connectivity index (χ0n) is 9.88. The number of nitriles is 1. The molecule has 1 aromatic carbocycles. The Morgan fingerprint density at radius 1 is 1.43 bits per heavy atom. The molecule has 0 spiro atoms. The van der Waals surface area contributed by atoms with E-state index in [-0.39, 0.29) is 15.6 Å². The zero-order chi connectivity index (χ0) is 15.6. The number of nitro groups is 1. The molecule has 0 bridgehead atoms. The molecule has 7 nitrogen and oxygen atoms in total. The molecule has 1 heterocycles. The van der Waals surface area contributed by atoms with Crippen LogP contribution in [0.4, 0.5) is 18.9 Å². The molecule has 2 aromatic rings. The Labute approximate surface area is 119 Å². The quantitative estimate of drug-likeness (QED) is 0.689. The Balaban J connectivity index is 2.34. The molecule has 0 unspecified atom stereocenters. The SMILES string of the molecule is N#Cc1ccc(Sc2n[nH]c(C(F)(F)F)n2)c([N+](=O)[O-])c1. The van der Waals surface area contributed by atoms with Gasteiger partial charge in [0.05, 0.1) is 21.5 Å². The Morgan fingerprint density at radius 2 is 2.14 bits per heavy atom. The minimum atomic E-state index is -4.68. The number of nitrogens with zero attached hydrogens (tertiary/aromatic N) is 4. The molecule has 11 heteroatoms. The predicted octanol–water partition coefficient (Wildman–Crippen LogP) is 2.75. The molecule has 0 atom stereocenters. The van der Waals surface area contributed by atoms with Crippen molar-refractivity contribution in [2.24, 2.45) is 0 Å². The van der Waals surface area contributed by atoms with Gasteiger partial charge in [0.2, 0.25) is 11.0 Å². The van der Waals surface area contributed by atoms with Crippen molar-refractivity contribution >= 4 is 17.4 Å². The first-order valence-corrected chi connectivity index (χ1v) is 5.99. The summed E-state index contributed by atoms with van der Waals surface area (Å²) in [6.07, 6.45) is -4.68. The van der Waals surface area contributed by atoms with Crippen molar-refractivity contribution < 1.29 is 18.1 Å². The average Bonchev–Trinajstić information content (AvgIpc) is 2.87. The number of nitro benzene ring substituents is 1. The van der Waals surface area contributed by atoms with E-state index in [1.807, 2.05) is 0 Å². The van der Waals surface area contributed by atoms with Crippen molar-refractivity contribution in [1.82, 2.24) is 15.2 Å². The smallest absolute Gasteiger partial charge is 0.258 e. The molecule has 0 saturated carbocycles. The van der Waals surface area contributed by atoms with E-state index in [1.54, 1.807) is 11.2 Å². The lowest BCUT2D eigenvalue weighted by atomic mass is 10.2. The lowest BCUT2D eigenvalue weighted by Gasteiger charge is -2.00. The van der Waals surface area contributed by atoms with Crippen LogP contribution in [0.25, 0.3) is 0 Å². The fraction of sp³-hybridized carbons (Fsp3) is 0.100. The molecule has 1 N–H and O–H groups in total. The molecule has 0 saturated heterocycles. The summed E-state index contributed by atoms with van der Waals surface area (Å²) in [7, 11) is 0. The second-order valence-electron chi connectivity index (χ2n) is 3.62. The third-order valence-electron chi connectivity index (χ3n) is 2.22. The van der Waals surface area contributed by atoms with E-state index in [1.165, 1.54) is 12.1 Å². The second-order valence-corrected chi connectivity index (χ2v) is 4.63. The minimum Gasteiger partial charge on any atom is -0.258 e. The third kappa shape index (κ3) is 3.29. The van der Waals surface area contributed by atoms with Crippen LogP contribution in [-0.2, 0) is 6.18 Å². The molecular formula is C10H4F3N5O2S.